The predicted molar refractivity (Wildman–Crippen MR) is 78.2 cm³/mol. The van der Waals surface area contributed by atoms with Crippen LogP contribution in [0.5, 0.6) is 6.01 Å². The molecule has 7 heteroatoms. The van der Waals surface area contributed by atoms with Gasteiger partial charge in [-0.25, -0.2) is 5.10 Å². The molecule has 2 aromatic heterocycles. The van der Waals surface area contributed by atoms with Crippen molar-refractivity contribution in [1.82, 2.24) is 19.7 Å². The van der Waals surface area contributed by atoms with E-state index in [1.165, 1.54) is 7.11 Å². The summed E-state index contributed by atoms with van der Waals surface area (Å²) in [7, 11) is 1.46. The minimum Gasteiger partial charge on any atom is -0.466 e. The molecule has 0 aliphatic carbocycles. The Morgan fingerprint density at radius 2 is 2.24 bits per heavy atom. The average molecular weight is 285 g/mol. The van der Waals surface area contributed by atoms with Gasteiger partial charge in [0.1, 0.15) is 6.54 Å². The van der Waals surface area contributed by atoms with Gasteiger partial charge in [0, 0.05) is 11.2 Å². The lowest BCUT2D eigenvalue weighted by atomic mass is 10.2. The number of ether oxygens (including phenoxy) is 1. The van der Waals surface area contributed by atoms with Crippen LogP contribution in [0.25, 0.3) is 10.9 Å². The van der Waals surface area contributed by atoms with Gasteiger partial charge >= 0.3 is 6.01 Å². The van der Waals surface area contributed by atoms with E-state index in [0.29, 0.717) is 0 Å². The van der Waals surface area contributed by atoms with Gasteiger partial charge in [0.15, 0.2) is 0 Å². The average Bonchev–Trinajstić information content (AvgIpc) is 3.04. The standard InChI is InChI=1S/C14H15N5O2/c1-9-7-10-5-3-4-6-11(10)19(9)8-12(20)15-13-16-14(21-2)18-17-13/h3-7H,8H2,1-2H3,(H2,15,16,17,18,20). The van der Waals surface area contributed by atoms with E-state index in [0.717, 1.165) is 16.6 Å². The predicted octanol–water partition coefficient (Wildman–Crippen LogP) is 1.72. The summed E-state index contributed by atoms with van der Waals surface area (Å²) in [5, 5.41) is 10.1. The Balaban J connectivity index is 1.78. The lowest BCUT2D eigenvalue weighted by Crippen LogP contribution is -2.20. The molecule has 1 amide bonds. The van der Waals surface area contributed by atoms with Crippen molar-refractivity contribution in [3.63, 3.8) is 0 Å². The van der Waals surface area contributed by atoms with Gasteiger partial charge in [-0.3, -0.25) is 10.1 Å². The van der Waals surface area contributed by atoms with E-state index in [1.54, 1.807) is 0 Å². The molecule has 7 nitrogen and oxygen atoms in total. The molecule has 0 radical (unpaired) electrons. The first kappa shape index (κ1) is 13.2. The molecule has 3 aromatic rings. The molecule has 0 atom stereocenters. The lowest BCUT2D eigenvalue weighted by Gasteiger charge is -2.07. The van der Waals surface area contributed by atoms with Crippen LogP contribution in [-0.2, 0) is 11.3 Å². The first-order valence-electron chi connectivity index (χ1n) is 6.48. The van der Waals surface area contributed by atoms with Gasteiger partial charge in [0.25, 0.3) is 0 Å². The number of aromatic amines is 1. The van der Waals surface area contributed by atoms with Crippen LogP contribution in [-0.4, -0.2) is 32.8 Å². The zero-order valence-corrected chi connectivity index (χ0v) is 11.8. The Morgan fingerprint density at radius 1 is 1.43 bits per heavy atom. The number of benzene rings is 1. The number of nitrogens with one attached hydrogen (secondary N) is 2. The molecule has 0 spiro atoms. The minimum absolute atomic E-state index is 0.182. The van der Waals surface area contributed by atoms with E-state index >= 15 is 0 Å². The van der Waals surface area contributed by atoms with Gasteiger partial charge in [0.2, 0.25) is 11.9 Å². The van der Waals surface area contributed by atoms with Crippen LogP contribution in [0, 0.1) is 6.92 Å². The highest BCUT2D eigenvalue weighted by atomic mass is 16.5. The van der Waals surface area contributed by atoms with Crippen molar-refractivity contribution in [2.45, 2.75) is 13.5 Å². The number of anilines is 1. The second-order valence-corrected chi connectivity index (χ2v) is 4.65. The maximum Gasteiger partial charge on any atom is 0.336 e. The van der Waals surface area contributed by atoms with Crippen LogP contribution in [0.3, 0.4) is 0 Å². The zero-order chi connectivity index (χ0) is 14.8. The number of carbonyl (C=O) groups is 1. The Kier molecular flexibility index (Phi) is 3.31. The molecule has 0 saturated carbocycles. The number of hydrogen-bond donors (Lipinski definition) is 2. The molecular formula is C14H15N5O2. The van der Waals surface area contributed by atoms with E-state index in [2.05, 4.69) is 26.6 Å². The Morgan fingerprint density at radius 3 is 3.00 bits per heavy atom. The molecular weight excluding hydrogens is 270 g/mol. The van der Waals surface area contributed by atoms with Gasteiger partial charge in [-0.15, -0.1) is 5.10 Å². The van der Waals surface area contributed by atoms with Gasteiger partial charge in [-0.2, -0.15) is 4.98 Å². The number of amides is 1. The van der Waals surface area contributed by atoms with E-state index in [9.17, 15) is 4.79 Å². The van der Waals surface area contributed by atoms with E-state index in [4.69, 9.17) is 4.74 Å². The summed E-state index contributed by atoms with van der Waals surface area (Å²) in [6, 6.07) is 10.2. The highest BCUT2D eigenvalue weighted by molar-refractivity contribution is 5.91. The zero-order valence-electron chi connectivity index (χ0n) is 11.8. The SMILES string of the molecule is COc1n[nH]c(NC(=O)Cn2c(C)cc3ccccc32)n1. The normalized spacial score (nSPS) is 10.8. The summed E-state index contributed by atoms with van der Waals surface area (Å²) in [5.41, 5.74) is 2.06. The van der Waals surface area contributed by atoms with Gasteiger partial charge in [-0.05, 0) is 24.4 Å². The topological polar surface area (TPSA) is 84.8 Å². The summed E-state index contributed by atoms with van der Waals surface area (Å²) >= 11 is 0. The molecule has 0 bridgehead atoms. The molecule has 108 valence electrons. The number of methoxy groups -OCH3 is 1. The summed E-state index contributed by atoms with van der Waals surface area (Å²) in [4.78, 5) is 16.1. The molecule has 2 N–H and O–H groups in total. The molecule has 0 saturated heterocycles. The van der Waals surface area contributed by atoms with Crippen molar-refractivity contribution in [1.29, 1.82) is 0 Å². The van der Waals surface area contributed by atoms with Gasteiger partial charge in [-0.1, -0.05) is 18.2 Å². The van der Waals surface area contributed by atoms with Crippen LogP contribution >= 0.6 is 0 Å². The number of rotatable bonds is 4. The van der Waals surface area contributed by atoms with Crippen LogP contribution in [0.2, 0.25) is 0 Å². The number of para-hydroxylation sites is 1. The first-order valence-corrected chi connectivity index (χ1v) is 6.48. The second-order valence-electron chi connectivity index (χ2n) is 4.65. The van der Waals surface area contributed by atoms with Gasteiger partial charge in [0.05, 0.1) is 7.11 Å². The smallest absolute Gasteiger partial charge is 0.336 e. The maximum atomic E-state index is 12.1. The molecule has 21 heavy (non-hydrogen) atoms. The monoisotopic (exact) mass is 285 g/mol. The fourth-order valence-electron chi connectivity index (χ4n) is 2.27. The fourth-order valence-corrected chi connectivity index (χ4v) is 2.27. The number of carbonyl (C=O) groups excluding carboxylic acids is 1. The van der Waals surface area contributed by atoms with Crippen LogP contribution < -0.4 is 10.1 Å². The van der Waals surface area contributed by atoms with Crippen molar-refractivity contribution in [2.24, 2.45) is 0 Å². The highest BCUT2D eigenvalue weighted by Gasteiger charge is 2.11. The third kappa shape index (κ3) is 2.58. The first-order chi connectivity index (χ1) is 10.2. The highest BCUT2D eigenvalue weighted by Crippen LogP contribution is 2.19. The molecule has 3 rings (SSSR count). The molecule has 2 heterocycles. The number of H-pyrrole nitrogens is 1. The third-order valence-electron chi connectivity index (χ3n) is 3.22. The van der Waals surface area contributed by atoms with Crippen LogP contribution in [0.1, 0.15) is 5.69 Å². The van der Waals surface area contributed by atoms with Crippen molar-refractivity contribution in [3.05, 3.63) is 36.0 Å². The molecule has 0 unspecified atom stereocenters. The quantitative estimate of drug-likeness (QED) is 0.764. The Bertz CT molecular complexity index is 790. The number of fused-ring (bicyclic) bond motifs is 1. The molecule has 0 fully saturated rings. The van der Waals surface area contributed by atoms with E-state index < -0.39 is 0 Å². The molecule has 1 aromatic carbocycles. The number of aromatic nitrogens is 4. The lowest BCUT2D eigenvalue weighted by molar-refractivity contribution is -0.116. The number of aryl methyl sites for hydroxylation is 1. The van der Waals surface area contributed by atoms with Crippen molar-refractivity contribution in [3.8, 4) is 6.01 Å². The summed E-state index contributed by atoms with van der Waals surface area (Å²) in [6.45, 7) is 2.19. The molecule has 0 aliphatic rings. The maximum absolute atomic E-state index is 12.1. The van der Waals surface area contributed by atoms with Crippen LogP contribution in [0.4, 0.5) is 5.95 Å². The van der Waals surface area contributed by atoms with E-state index in [1.807, 2.05) is 35.8 Å². The summed E-state index contributed by atoms with van der Waals surface area (Å²) < 4.78 is 6.81. The summed E-state index contributed by atoms with van der Waals surface area (Å²) in [6.07, 6.45) is 0. The minimum atomic E-state index is -0.182. The van der Waals surface area contributed by atoms with Crippen LogP contribution in [0.15, 0.2) is 30.3 Å². The van der Waals surface area contributed by atoms with Gasteiger partial charge < -0.3 is 9.30 Å². The Labute approximate surface area is 120 Å². The number of hydrogen-bond acceptors (Lipinski definition) is 4. The Hall–Kier alpha value is -2.83. The third-order valence-corrected chi connectivity index (χ3v) is 3.22. The summed E-state index contributed by atoms with van der Waals surface area (Å²) in [5.74, 6) is 0.0872. The van der Waals surface area contributed by atoms with E-state index in [-0.39, 0.29) is 24.4 Å². The van der Waals surface area contributed by atoms with Crippen molar-refractivity contribution < 1.29 is 9.53 Å². The van der Waals surface area contributed by atoms with Crippen molar-refractivity contribution >= 4 is 22.8 Å². The fraction of sp³-hybridized carbons (Fsp3) is 0.214. The molecule has 0 aliphatic heterocycles. The second kappa shape index (κ2) is 5.28. The number of nitrogens with zero attached hydrogens (tertiary/aromatic N) is 3. The van der Waals surface area contributed by atoms with Crippen molar-refractivity contribution in [2.75, 3.05) is 12.4 Å². The largest absolute Gasteiger partial charge is 0.466 e.